The van der Waals surface area contributed by atoms with Gasteiger partial charge in [-0.2, -0.15) is 0 Å². The first-order valence-corrected chi connectivity index (χ1v) is 18.1. The molecule has 0 aromatic carbocycles. The molecular formula is C36H65NO13. The summed E-state index contributed by atoms with van der Waals surface area (Å²) in [5.41, 5.74) is -5.42. The number of ketones is 1. The van der Waals surface area contributed by atoms with E-state index in [9.17, 15) is 40.2 Å². The van der Waals surface area contributed by atoms with Gasteiger partial charge in [-0.1, -0.05) is 27.7 Å². The van der Waals surface area contributed by atoms with Crippen molar-refractivity contribution >= 4 is 11.8 Å². The number of aliphatic hydroxyl groups is 6. The minimum atomic E-state index is -2.01. The van der Waals surface area contributed by atoms with Crippen molar-refractivity contribution in [2.75, 3.05) is 14.1 Å². The van der Waals surface area contributed by atoms with Gasteiger partial charge >= 0.3 is 5.97 Å². The van der Waals surface area contributed by atoms with Gasteiger partial charge in [0.05, 0.1) is 47.6 Å². The molecule has 50 heavy (non-hydrogen) atoms. The number of hydrogen-bond donors (Lipinski definition) is 6. The number of esters is 1. The predicted octanol–water partition coefficient (Wildman–Crippen LogP) is 1.13. The second-order valence-electron chi connectivity index (χ2n) is 16.3. The summed E-state index contributed by atoms with van der Waals surface area (Å²) >= 11 is 0. The van der Waals surface area contributed by atoms with Gasteiger partial charge in [0.2, 0.25) is 0 Å². The number of carbonyl (C=O) groups is 2. The molecular weight excluding hydrogens is 654 g/mol. The molecule has 3 heterocycles. The minimum Gasteiger partial charge on any atom is -0.459 e. The molecule has 14 heteroatoms. The molecule has 6 N–H and O–H groups in total. The first-order chi connectivity index (χ1) is 22.9. The molecule has 0 aromatic heterocycles. The van der Waals surface area contributed by atoms with Crippen molar-refractivity contribution in [2.45, 2.75) is 179 Å². The van der Waals surface area contributed by atoms with Crippen molar-refractivity contribution < 1.29 is 63.9 Å². The second-order valence-corrected chi connectivity index (χ2v) is 16.3. The summed E-state index contributed by atoms with van der Waals surface area (Å²) < 4.78 is 31.0. The van der Waals surface area contributed by atoms with E-state index in [0.717, 1.165) is 0 Å². The fourth-order valence-corrected chi connectivity index (χ4v) is 8.22. The summed E-state index contributed by atoms with van der Waals surface area (Å²) in [7, 11) is 3.67. The van der Waals surface area contributed by atoms with Crippen molar-refractivity contribution in [3.8, 4) is 0 Å². The number of rotatable bonds is 6. The van der Waals surface area contributed by atoms with E-state index < -0.39 is 108 Å². The molecule has 3 aliphatic rings. The van der Waals surface area contributed by atoms with Crippen LogP contribution >= 0.6 is 0 Å². The van der Waals surface area contributed by atoms with Gasteiger partial charge in [-0.15, -0.1) is 0 Å². The highest BCUT2D eigenvalue weighted by molar-refractivity contribution is 5.83. The number of likely N-dealkylation sites (N-methyl/N-ethyl adjacent to an activating group) is 1. The Bertz CT molecular complexity index is 1150. The lowest BCUT2D eigenvalue weighted by atomic mass is 9.74. The average Bonchev–Trinajstić information content (AvgIpc) is 3.01. The lowest BCUT2D eigenvalue weighted by Gasteiger charge is -2.48. The Morgan fingerprint density at radius 2 is 1.44 bits per heavy atom. The standard InChI is InChI=1S/C36H65NO13/c1-13-24-36(10,45)29(40)19(4)26(38)17(2)15-35(9,44)31(50-33-27(39)23(37(11)12)14-18(3)46-33)20(5)28(21(6)32(42)48-24)49-25-16-34(8,43)30(41)22(7)47-25/h17-25,27-31,33,39-41,43-45H,13-16H2,1-12H3/t17-,18-,19+,20+,21-,22+,23+,24-,25+,27-,28?,29-,30+,31-,33+,34-,35-,36-/m1/s1. The van der Waals surface area contributed by atoms with Gasteiger partial charge in [0, 0.05) is 30.2 Å². The van der Waals surface area contributed by atoms with Gasteiger partial charge in [0.25, 0.3) is 0 Å². The number of nitrogens with zero attached hydrogens (tertiary/aromatic N) is 1. The Morgan fingerprint density at radius 3 is 1.98 bits per heavy atom. The molecule has 0 bridgehead atoms. The van der Waals surface area contributed by atoms with Gasteiger partial charge in [-0.3, -0.25) is 9.59 Å². The smallest absolute Gasteiger partial charge is 0.311 e. The number of cyclic esters (lactones) is 1. The van der Waals surface area contributed by atoms with Crippen molar-refractivity contribution in [2.24, 2.45) is 23.7 Å². The summed E-state index contributed by atoms with van der Waals surface area (Å²) in [6.07, 6.45) is -10.7. The summed E-state index contributed by atoms with van der Waals surface area (Å²) in [5.74, 6) is -5.14. The first kappa shape index (κ1) is 43.1. The van der Waals surface area contributed by atoms with Crippen LogP contribution in [0.15, 0.2) is 0 Å². The van der Waals surface area contributed by atoms with Gasteiger partial charge in [-0.05, 0) is 74.9 Å². The molecule has 0 aliphatic carbocycles. The van der Waals surface area contributed by atoms with Crippen LogP contribution in [-0.4, -0.2) is 146 Å². The molecule has 0 spiro atoms. The molecule has 18 atom stereocenters. The summed E-state index contributed by atoms with van der Waals surface area (Å²) in [4.78, 5) is 29.6. The highest BCUT2D eigenvalue weighted by Crippen LogP contribution is 2.40. The lowest BCUT2D eigenvalue weighted by Crippen LogP contribution is -2.61. The molecule has 3 rings (SSSR count). The number of aliphatic hydroxyl groups excluding tert-OH is 3. The first-order valence-electron chi connectivity index (χ1n) is 18.1. The number of Topliss-reactive ketones (excluding diaryl/α,β-unsaturated/α-hetero) is 1. The summed E-state index contributed by atoms with van der Waals surface area (Å²) in [6, 6.07) is -0.337. The van der Waals surface area contributed by atoms with Crippen LogP contribution in [0.25, 0.3) is 0 Å². The van der Waals surface area contributed by atoms with E-state index >= 15 is 0 Å². The zero-order valence-electron chi connectivity index (χ0n) is 32.0. The van der Waals surface area contributed by atoms with Crippen LogP contribution in [0.3, 0.4) is 0 Å². The average molecular weight is 720 g/mol. The van der Waals surface area contributed by atoms with Crippen LogP contribution in [0.2, 0.25) is 0 Å². The van der Waals surface area contributed by atoms with Crippen LogP contribution in [-0.2, 0) is 33.3 Å². The molecule has 0 aromatic rings. The van der Waals surface area contributed by atoms with E-state index in [1.807, 2.05) is 25.9 Å². The van der Waals surface area contributed by atoms with Gasteiger partial charge < -0.3 is 59.2 Å². The summed E-state index contributed by atoms with van der Waals surface area (Å²) in [5, 5.41) is 68.1. The third kappa shape index (κ3) is 9.25. The third-order valence-electron chi connectivity index (χ3n) is 11.4. The minimum absolute atomic E-state index is 0.118. The van der Waals surface area contributed by atoms with E-state index in [-0.39, 0.29) is 31.4 Å². The van der Waals surface area contributed by atoms with E-state index in [1.165, 1.54) is 27.7 Å². The highest BCUT2D eigenvalue weighted by Gasteiger charge is 2.53. The monoisotopic (exact) mass is 719 g/mol. The molecule has 1 unspecified atom stereocenters. The van der Waals surface area contributed by atoms with Crippen LogP contribution in [0, 0.1) is 23.7 Å². The summed E-state index contributed by atoms with van der Waals surface area (Å²) in [6.45, 7) is 15.8. The third-order valence-corrected chi connectivity index (χ3v) is 11.4. The SMILES string of the molecule is CC[C@H]1OC(=O)[C@H](C)C(O[C@H]2C[C@@](C)(O)[C@@H](O)[C@H](C)O2)[C@H](C)[C@@H](O[C@@H]2O[C@H](C)C[C@H](N(C)C)[C@H]2O)[C@](C)(O)C[C@@H](C)C(=O)[C@H](C)[C@@H](O)[C@]1(C)O. The number of carbonyl (C=O) groups excluding carboxylic acids is 2. The molecule has 3 aliphatic heterocycles. The van der Waals surface area contributed by atoms with Crippen LogP contribution < -0.4 is 0 Å². The number of ether oxygens (including phenoxy) is 5. The largest absolute Gasteiger partial charge is 0.459 e. The fourth-order valence-electron chi connectivity index (χ4n) is 8.22. The lowest BCUT2D eigenvalue weighted by molar-refractivity contribution is -0.316. The van der Waals surface area contributed by atoms with E-state index in [0.29, 0.717) is 6.42 Å². The van der Waals surface area contributed by atoms with Crippen molar-refractivity contribution in [1.29, 1.82) is 0 Å². The molecule has 292 valence electrons. The van der Waals surface area contributed by atoms with E-state index in [1.54, 1.807) is 34.6 Å². The topological polar surface area (TPSA) is 205 Å². The zero-order valence-corrected chi connectivity index (χ0v) is 32.0. The Labute approximate surface area is 297 Å². The maximum absolute atomic E-state index is 14.0. The van der Waals surface area contributed by atoms with Crippen molar-refractivity contribution in [3.63, 3.8) is 0 Å². The Morgan fingerprint density at radius 1 is 0.840 bits per heavy atom. The van der Waals surface area contributed by atoms with Crippen LogP contribution in [0.5, 0.6) is 0 Å². The molecule has 0 amide bonds. The van der Waals surface area contributed by atoms with E-state index in [2.05, 4.69) is 0 Å². The van der Waals surface area contributed by atoms with Crippen molar-refractivity contribution in [3.05, 3.63) is 0 Å². The molecule has 0 radical (unpaired) electrons. The van der Waals surface area contributed by atoms with E-state index in [4.69, 9.17) is 23.7 Å². The molecule has 3 saturated heterocycles. The molecule has 0 saturated carbocycles. The Hall–Kier alpha value is -1.30. The van der Waals surface area contributed by atoms with Crippen molar-refractivity contribution in [1.82, 2.24) is 4.90 Å². The predicted molar refractivity (Wildman–Crippen MR) is 181 cm³/mol. The Balaban J connectivity index is 2.17. The highest BCUT2D eigenvalue weighted by atomic mass is 16.7. The fraction of sp³-hybridized carbons (Fsp3) is 0.944. The molecule has 3 fully saturated rings. The van der Waals surface area contributed by atoms with Crippen LogP contribution in [0.1, 0.15) is 94.9 Å². The number of hydrogen-bond acceptors (Lipinski definition) is 14. The molecule has 14 nitrogen and oxygen atoms in total. The maximum atomic E-state index is 14.0. The Kier molecular flexibility index (Phi) is 14.1. The zero-order chi connectivity index (χ0) is 38.3. The van der Waals surface area contributed by atoms with Gasteiger partial charge in [0.1, 0.15) is 29.7 Å². The van der Waals surface area contributed by atoms with Gasteiger partial charge in [0.15, 0.2) is 12.6 Å². The maximum Gasteiger partial charge on any atom is 0.311 e. The van der Waals surface area contributed by atoms with Gasteiger partial charge in [-0.25, -0.2) is 0 Å². The second kappa shape index (κ2) is 16.4. The quantitative estimate of drug-likeness (QED) is 0.213. The normalized spacial score (nSPS) is 50.5. The van der Waals surface area contributed by atoms with Crippen LogP contribution in [0.4, 0.5) is 0 Å².